The minimum Gasteiger partial charge on any atom is -0.261 e. The fourth-order valence-corrected chi connectivity index (χ4v) is 17.5. The van der Waals surface area contributed by atoms with Gasteiger partial charge in [0, 0.05) is 138 Å². The van der Waals surface area contributed by atoms with Gasteiger partial charge in [0.05, 0.1) is 17.1 Å². The number of aryl methyl sites for hydroxylation is 3. The largest absolute Gasteiger partial charge is 0.261 e. The summed E-state index contributed by atoms with van der Waals surface area (Å²) >= 11 is 0. The van der Waals surface area contributed by atoms with E-state index in [9.17, 15) is 0 Å². The smallest absolute Gasteiger partial charge is 0.164 e. The molecule has 0 unspecified atom stereocenters. The SMILES string of the molecule is Cc1ccc(-c2ccc(-c3cc(-c4ccc(-c5ccccn5)cc4)cc(-c4nc(-c5ccccc5)nc(-c5ccccc5)n4)c3)cc2)cn1.Cc1ccc(-c2ccc(-c3cc(-c4ccc(-c5ncccn5)cc4)cc(-c4nc(-c5ccccc5)nc(-c5ccccc5)n4)c3)cc2)cn1.Cc1cccc(-c2ccc(-c3cc(-c4ccc(-c5ccncn5)cc4)cc(-c4nc(-c5ccccc5)nc(-c5ccccc5)n4)c3)cc2)n1. The number of aromatic nitrogens is 17. The standard InChI is InChI=1S/C44H31N5.2C43H30N6/c1-30-15-16-37(29-46-30)31-17-19-32(20-18-31)38-26-39(33-21-23-34(24-22-33)41-14-8-9-25-45-41)28-40(27-38)44-48-42(35-10-4-2-5-11-35)47-43(49-44)36-12-6-3-7-13-36;1-29-9-8-14-40(46-29)33-21-17-31(18-22-33)37-25-36(30-15-19-32(20-16-30)39-23-24-44-28-45-39)26-38(27-37)43-48-41(34-10-4-2-5-11-34)47-42(49-43)35-12-6-3-7-13-35;1-29-13-14-36(28-46-29)30-15-17-31(18-16-30)37-25-38(32-19-21-35(22-20-32)40-44-23-8-24-45-40)27-39(26-37)43-48-41(33-9-4-2-5-10-33)47-42(49-43)34-11-6-3-7-12-34/h2-29H,1H3;2*2-28H,1H3. The van der Waals surface area contributed by atoms with Crippen LogP contribution in [0.5, 0.6) is 0 Å². The molecule has 9 heterocycles. The molecule has 17 nitrogen and oxygen atoms in total. The summed E-state index contributed by atoms with van der Waals surface area (Å²) in [6, 6.07) is 155. The van der Waals surface area contributed by atoms with Gasteiger partial charge in [0.1, 0.15) is 6.33 Å². The van der Waals surface area contributed by atoms with E-state index in [-0.39, 0.29) is 0 Å². The van der Waals surface area contributed by atoms with Gasteiger partial charge in [0.15, 0.2) is 58.2 Å². The highest BCUT2D eigenvalue weighted by Crippen LogP contribution is 2.41. The van der Waals surface area contributed by atoms with Gasteiger partial charge in [-0.2, -0.15) is 0 Å². The van der Waals surface area contributed by atoms with Crippen molar-refractivity contribution in [2.24, 2.45) is 0 Å². The molecule has 9 aromatic heterocycles. The summed E-state index contributed by atoms with van der Waals surface area (Å²) in [5, 5.41) is 0. The quantitative estimate of drug-likeness (QED) is 0.0653. The first-order valence-corrected chi connectivity index (χ1v) is 48.4. The highest BCUT2D eigenvalue weighted by Gasteiger charge is 2.22. The monoisotopic (exact) mass is 1890 g/mol. The molecule has 0 aliphatic carbocycles. The second-order valence-electron chi connectivity index (χ2n) is 35.4. The molecule has 147 heavy (non-hydrogen) atoms. The van der Waals surface area contributed by atoms with Crippen molar-refractivity contribution in [3.05, 3.63) is 516 Å². The molecule has 0 amide bonds. The van der Waals surface area contributed by atoms with Crippen molar-refractivity contribution in [1.82, 2.24) is 84.7 Å². The molecule has 24 rings (SSSR count). The Morgan fingerprint density at radius 1 is 0.122 bits per heavy atom. The van der Waals surface area contributed by atoms with Crippen molar-refractivity contribution in [3.63, 3.8) is 0 Å². The molecule has 0 aliphatic heterocycles. The van der Waals surface area contributed by atoms with Gasteiger partial charge < -0.3 is 0 Å². The highest BCUT2D eigenvalue weighted by atomic mass is 15.1. The Morgan fingerprint density at radius 2 is 0.361 bits per heavy atom. The van der Waals surface area contributed by atoms with Gasteiger partial charge in [-0.1, -0.05) is 352 Å². The van der Waals surface area contributed by atoms with E-state index in [0.29, 0.717) is 58.2 Å². The van der Waals surface area contributed by atoms with Crippen LogP contribution in [0.1, 0.15) is 17.1 Å². The maximum absolute atomic E-state index is 5.05. The Balaban J connectivity index is 0.000000125. The van der Waals surface area contributed by atoms with E-state index in [4.69, 9.17) is 49.8 Å². The lowest BCUT2D eigenvalue weighted by Gasteiger charge is -2.13. The van der Waals surface area contributed by atoms with E-state index in [0.717, 1.165) is 196 Å². The number of benzene rings is 15. The van der Waals surface area contributed by atoms with Crippen LogP contribution in [0.15, 0.2) is 498 Å². The van der Waals surface area contributed by atoms with Crippen molar-refractivity contribution in [2.75, 3.05) is 0 Å². The maximum Gasteiger partial charge on any atom is 0.164 e. The molecular weight excluding hydrogens is 1800 g/mol. The Morgan fingerprint density at radius 3 is 0.633 bits per heavy atom. The Bertz CT molecular complexity index is 8150. The van der Waals surface area contributed by atoms with Gasteiger partial charge in [-0.3, -0.25) is 19.9 Å². The van der Waals surface area contributed by atoms with Crippen LogP contribution in [0.2, 0.25) is 0 Å². The zero-order chi connectivity index (χ0) is 99.0. The second kappa shape index (κ2) is 43.0. The van der Waals surface area contributed by atoms with E-state index in [1.165, 1.54) is 0 Å². The van der Waals surface area contributed by atoms with Gasteiger partial charge >= 0.3 is 0 Å². The average Bonchev–Trinajstić information content (AvgIpc) is 0.784. The lowest BCUT2D eigenvalue weighted by molar-refractivity contribution is 1.07. The fourth-order valence-electron chi connectivity index (χ4n) is 17.5. The molecule has 24 aromatic rings. The van der Waals surface area contributed by atoms with Gasteiger partial charge in [-0.05, 0) is 202 Å². The first-order valence-electron chi connectivity index (χ1n) is 48.4. The molecule has 0 N–H and O–H groups in total. The lowest BCUT2D eigenvalue weighted by atomic mass is 9.94. The molecule has 0 radical (unpaired) electrons. The molecule has 0 aliphatic rings. The van der Waals surface area contributed by atoms with E-state index in [1.54, 1.807) is 24.9 Å². The van der Waals surface area contributed by atoms with Crippen LogP contribution in [0, 0.1) is 20.8 Å². The summed E-state index contributed by atoms with van der Waals surface area (Å²) < 4.78 is 0. The molecule has 0 saturated carbocycles. The first kappa shape index (κ1) is 92.1. The van der Waals surface area contributed by atoms with Crippen LogP contribution in [-0.4, -0.2) is 84.7 Å². The molecular formula is C130H91N17. The van der Waals surface area contributed by atoms with Crippen LogP contribution in [-0.2, 0) is 0 Å². The zero-order valence-electron chi connectivity index (χ0n) is 80.4. The maximum atomic E-state index is 5.05. The Kier molecular flexibility index (Phi) is 27.0. The molecule has 696 valence electrons. The molecule has 15 aromatic carbocycles. The minimum atomic E-state index is 0.604. The van der Waals surface area contributed by atoms with Crippen LogP contribution < -0.4 is 0 Å². The normalized spacial score (nSPS) is 11.0. The minimum absolute atomic E-state index is 0.604. The number of hydrogen-bond acceptors (Lipinski definition) is 17. The van der Waals surface area contributed by atoms with E-state index in [1.807, 2.05) is 282 Å². The zero-order valence-corrected chi connectivity index (χ0v) is 80.4. The second-order valence-corrected chi connectivity index (χ2v) is 35.4. The average molecular weight is 1890 g/mol. The summed E-state index contributed by atoms with van der Waals surface area (Å²) in [6.45, 7) is 6.01. The number of pyridine rings is 4. The van der Waals surface area contributed by atoms with E-state index in [2.05, 4.69) is 247 Å². The van der Waals surface area contributed by atoms with Crippen molar-refractivity contribution >= 4 is 0 Å². The third-order valence-electron chi connectivity index (χ3n) is 25.3. The molecule has 17 heteroatoms. The van der Waals surface area contributed by atoms with Gasteiger partial charge in [-0.25, -0.2) is 64.8 Å². The van der Waals surface area contributed by atoms with Crippen molar-refractivity contribution in [2.45, 2.75) is 20.8 Å². The molecule has 0 spiro atoms. The summed E-state index contributed by atoms with van der Waals surface area (Å²) in [6.07, 6.45) is 12.5. The third kappa shape index (κ3) is 21.9. The fraction of sp³-hybridized carbons (Fsp3) is 0.0231. The van der Waals surface area contributed by atoms with E-state index >= 15 is 0 Å². The summed E-state index contributed by atoms with van der Waals surface area (Å²) in [7, 11) is 0. The molecule has 0 atom stereocenters. The highest BCUT2D eigenvalue weighted by molar-refractivity contribution is 5.87. The van der Waals surface area contributed by atoms with Gasteiger partial charge in [0.2, 0.25) is 0 Å². The third-order valence-corrected chi connectivity index (χ3v) is 25.3. The lowest BCUT2D eigenvalue weighted by Crippen LogP contribution is -2.00. The summed E-state index contributed by atoms with van der Waals surface area (Å²) in [5.74, 6) is 6.28. The van der Waals surface area contributed by atoms with Crippen molar-refractivity contribution in [3.8, 4) is 237 Å². The van der Waals surface area contributed by atoms with Crippen LogP contribution >= 0.6 is 0 Å². The summed E-state index contributed by atoms with van der Waals surface area (Å²) in [5.41, 5.74) is 35.4. The van der Waals surface area contributed by atoms with Crippen LogP contribution in [0.3, 0.4) is 0 Å². The van der Waals surface area contributed by atoms with E-state index < -0.39 is 0 Å². The molecule has 0 saturated heterocycles. The van der Waals surface area contributed by atoms with Gasteiger partial charge in [0.25, 0.3) is 0 Å². The number of nitrogens with zero attached hydrogens (tertiary/aromatic N) is 17. The first-order chi connectivity index (χ1) is 72.5. The molecule has 0 fully saturated rings. The predicted molar refractivity (Wildman–Crippen MR) is 590 cm³/mol. The van der Waals surface area contributed by atoms with Crippen molar-refractivity contribution in [1.29, 1.82) is 0 Å². The van der Waals surface area contributed by atoms with Crippen molar-refractivity contribution < 1.29 is 0 Å². The molecule has 0 bridgehead atoms. The number of hydrogen-bond donors (Lipinski definition) is 0. The Hall–Kier alpha value is -19.9. The Labute approximate surface area is 852 Å². The predicted octanol–water partition coefficient (Wildman–Crippen LogP) is 30.7. The topological polar surface area (TPSA) is 219 Å². The van der Waals surface area contributed by atoms with Crippen LogP contribution in [0.25, 0.3) is 237 Å². The number of rotatable bonds is 21. The van der Waals surface area contributed by atoms with Crippen LogP contribution in [0.4, 0.5) is 0 Å². The summed E-state index contributed by atoms with van der Waals surface area (Å²) in [4.78, 5) is 80.5. The van der Waals surface area contributed by atoms with Gasteiger partial charge in [-0.15, -0.1) is 0 Å².